The number of nitrogens with zero attached hydrogens (tertiary/aromatic N) is 6. The lowest BCUT2D eigenvalue weighted by molar-refractivity contribution is -0.0822. The summed E-state index contributed by atoms with van der Waals surface area (Å²) in [6.45, 7) is 1.35. The highest BCUT2D eigenvalue weighted by Crippen LogP contribution is 2.42. The van der Waals surface area contributed by atoms with E-state index in [-0.39, 0.29) is 11.9 Å². The minimum Gasteiger partial charge on any atom is -0.370 e. The Morgan fingerprint density at radius 1 is 1.45 bits per heavy atom. The van der Waals surface area contributed by atoms with E-state index in [1.165, 1.54) is 7.11 Å². The van der Waals surface area contributed by atoms with Gasteiger partial charge in [-0.1, -0.05) is 0 Å². The number of aromatic amines is 1. The van der Waals surface area contributed by atoms with Gasteiger partial charge in [0, 0.05) is 62.6 Å². The van der Waals surface area contributed by atoms with Crippen LogP contribution in [0.1, 0.15) is 30.5 Å². The molecule has 3 aromatic rings. The van der Waals surface area contributed by atoms with E-state index in [0.29, 0.717) is 41.7 Å². The van der Waals surface area contributed by atoms with Gasteiger partial charge in [-0.2, -0.15) is 14.6 Å². The first kappa shape index (κ1) is 21.6. The van der Waals surface area contributed by atoms with Gasteiger partial charge in [0.05, 0.1) is 11.3 Å². The van der Waals surface area contributed by atoms with Crippen molar-refractivity contribution in [2.24, 2.45) is 11.8 Å². The molecule has 0 aromatic carbocycles. The molecule has 4 atom stereocenters. The van der Waals surface area contributed by atoms with Gasteiger partial charge in [-0.15, -0.1) is 0 Å². The molecule has 2 amide bonds. The number of fused-ring (bicyclic) bond motifs is 2. The number of aromatic nitrogens is 4. The summed E-state index contributed by atoms with van der Waals surface area (Å²) in [6.07, 6.45) is 4.16. The molecule has 3 N–H and O–H groups in total. The maximum Gasteiger partial charge on any atom is 0.323 e. The molecule has 33 heavy (non-hydrogen) atoms. The number of anilines is 2. The second-order valence-electron chi connectivity index (χ2n) is 8.51. The second-order valence-corrected chi connectivity index (χ2v) is 9.26. The van der Waals surface area contributed by atoms with Crippen molar-refractivity contribution in [2.45, 2.75) is 25.2 Å². The molecule has 3 aromatic heterocycles. The Labute approximate surface area is 194 Å². The Bertz CT molecular complexity index is 1210. The molecule has 0 radical (unpaired) electrons. The third kappa shape index (κ3) is 3.88. The van der Waals surface area contributed by atoms with Crippen LogP contribution in [0.5, 0.6) is 0 Å². The minimum absolute atomic E-state index is 0.131. The highest BCUT2D eigenvalue weighted by Gasteiger charge is 2.44. The van der Waals surface area contributed by atoms with Gasteiger partial charge in [0.25, 0.3) is 0 Å². The summed E-state index contributed by atoms with van der Waals surface area (Å²) in [7, 11) is 3.40. The smallest absolute Gasteiger partial charge is 0.323 e. The third-order valence-electron chi connectivity index (χ3n) is 6.69. The molecule has 172 valence electrons. The maximum absolute atomic E-state index is 12.7. The number of hydrogen-bond acceptors (Lipinski definition) is 9. The van der Waals surface area contributed by atoms with Crippen molar-refractivity contribution >= 4 is 39.4 Å². The van der Waals surface area contributed by atoms with Crippen LogP contribution in [-0.2, 0) is 4.74 Å². The van der Waals surface area contributed by atoms with Crippen LogP contribution < -0.4 is 10.2 Å². The lowest BCUT2D eigenvalue weighted by atomic mass is 10.0. The fourth-order valence-corrected chi connectivity index (χ4v) is 5.63. The number of carbonyl (C=O) groups is 1. The van der Waals surface area contributed by atoms with E-state index >= 15 is 0 Å². The van der Waals surface area contributed by atoms with E-state index in [1.807, 2.05) is 24.2 Å². The van der Waals surface area contributed by atoms with E-state index in [2.05, 4.69) is 35.6 Å². The summed E-state index contributed by atoms with van der Waals surface area (Å²) in [5.74, 6) is 0.932. The van der Waals surface area contributed by atoms with Gasteiger partial charge in [-0.25, -0.2) is 9.78 Å². The number of aliphatic hydroxyl groups is 1. The SMILES string of the molecule is COC(O)c1nsc(NC(=O)N2CC3C[C@@H](N(C)c4c(C#N)cnc5[nH]ccc45)C[C@@H]3C2)n1. The molecule has 2 fully saturated rings. The zero-order valence-corrected chi connectivity index (χ0v) is 19.0. The average molecular weight is 469 g/mol. The summed E-state index contributed by atoms with van der Waals surface area (Å²) in [5, 5.41) is 23.3. The van der Waals surface area contributed by atoms with E-state index < -0.39 is 6.29 Å². The highest BCUT2D eigenvalue weighted by atomic mass is 32.1. The quantitative estimate of drug-likeness (QED) is 0.484. The number of hydrogen-bond donors (Lipinski definition) is 3. The number of pyridine rings is 1. The lowest BCUT2D eigenvalue weighted by Gasteiger charge is -2.29. The molecule has 11 nitrogen and oxygen atoms in total. The van der Waals surface area contributed by atoms with Crippen LogP contribution in [0.15, 0.2) is 18.5 Å². The fourth-order valence-electron chi connectivity index (χ4n) is 5.05. The number of methoxy groups -OCH3 is 1. The Morgan fingerprint density at radius 2 is 2.21 bits per heavy atom. The molecule has 1 saturated carbocycles. The molecular formula is C21H24N8O3S. The Hall–Kier alpha value is -3.27. The number of amides is 2. The summed E-state index contributed by atoms with van der Waals surface area (Å²) >= 11 is 1.01. The van der Waals surface area contributed by atoms with Gasteiger partial charge in [-0.3, -0.25) is 5.32 Å². The fraction of sp³-hybridized carbons (Fsp3) is 0.476. The molecule has 2 aliphatic rings. The topological polar surface area (TPSA) is 143 Å². The standard InChI is InChI=1S/C21H24N8O3S/c1-28(16-13(7-22)8-24-17-15(16)3-4-23-17)14-5-11-9-29(10-12(11)6-14)21(31)26-20-25-18(27-33-20)19(30)32-2/h3-4,8,11-12,14,19,30H,5-6,9-10H2,1-2H3,(H,23,24)(H,25,26,27,31)/t11-,12?,14+,19?/m1/s1. The van der Waals surface area contributed by atoms with Gasteiger partial charge < -0.3 is 24.6 Å². The number of rotatable bonds is 5. The summed E-state index contributed by atoms with van der Waals surface area (Å²) in [5.41, 5.74) is 2.25. The van der Waals surface area contributed by atoms with Crippen molar-refractivity contribution in [3.05, 3.63) is 29.8 Å². The molecular weight excluding hydrogens is 444 g/mol. The zero-order chi connectivity index (χ0) is 23.1. The van der Waals surface area contributed by atoms with Crippen molar-refractivity contribution in [1.29, 1.82) is 5.26 Å². The molecule has 2 unspecified atom stereocenters. The summed E-state index contributed by atoms with van der Waals surface area (Å²) < 4.78 is 8.79. The lowest BCUT2D eigenvalue weighted by Crippen LogP contribution is -2.36. The van der Waals surface area contributed by atoms with E-state index in [4.69, 9.17) is 4.74 Å². The van der Waals surface area contributed by atoms with E-state index in [0.717, 1.165) is 41.1 Å². The zero-order valence-electron chi connectivity index (χ0n) is 18.2. The second kappa shape index (κ2) is 8.58. The number of aliphatic hydroxyl groups excluding tert-OH is 1. The van der Waals surface area contributed by atoms with Crippen LogP contribution >= 0.6 is 11.5 Å². The molecule has 1 saturated heterocycles. The molecule has 12 heteroatoms. The van der Waals surface area contributed by atoms with Crippen LogP contribution in [0.4, 0.5) is 15.6 Å². The monoisotopic (exact) mass is 468 g/mol. The predicted octanol–water partition coefficient (Wildman–Crippen LogP) is 2.30. The molecule has 0 bridgehead atoms. The Balaban J connectivity index is 1.23. The van der Waals surface area contributed by atoms with Gasteiger partial charge in [0.1, 0.15) is 11.7 Å². The molecule has 5 rings (SSSR count). The van der Waals surface area contributed by atoms with Gasteiger partial charge in [0.15, 0.2) is 0 Å². The third-order valence-corrected chi connectivity index (χ3v) is 7.34. The molecule has 1 aliphatic heterocycles. The van der Waals surface area contributed by atoms with Gasteiger partial charge >= 0.3 is 6.03 Å². The predicted molar refractivity (Wildman–Crippen MR) is 122 cm³/mol. The molecule has 4 heterocycles. The number of ether oxygens (including phenoxy) is 1. The maximum atomic E-state index is 12.7. The van der Waals surface area contributed by atoms with Gasteiger partial charge in [0.2, 0.25) is 17.2 Å². The van der Waals surface area contributed by atoms with E-state index in [9.17, 15) is 15.2 Å². The number of urea groups is 1. The number of likely N-dealkylation sites (tertiary alicyclic amines) is 1. The minimum atomic E-state index is -1.21. The highest BCUT2D eigenvalue weighted by molar-refractivity contribution is 7.09. The van der Waals surface area contributed by atoms with Crippen molar-refractivity contribution in [3.8, 4) is 6.07 Å². The summed E-state index contributed by atoms with van der Waals surface area (Å²) in [4.78, 5) is 28.3. The first-order valence-electron chi connectivity index (χ1n) is 10.7. The Kier molecular flexibility index (Phi) is 5.61. The van der Waals surface area contributed by atoms with E-state index in [1.54, 1.807) is 6.20 Å². The normalized spacial score (nSPS) is 22.8. The largest absolute Gasteiger partial charge is 0.370 e. The van der Waals surface area contributed by atoms with Crippen LogP contribution in [0.3, 0.4) is 0 Å². The first-order valence-corrected chi connectivity index (χ1v) is 11.4. The summed E-state index contributed by atoms with van der Waals surface area (Å²) in [6, 6.07) is 4.32. The first-order chi connectivity index (χ1) is 16.0. The van der Waals surface area contributed by atoms with Crippen molar-refractivity contribution in [2.75, 3.05) is 37.5 Å². The molecule has 1 aliphatic carbocycles. The number of nitriles is 1. The van der Waals surface area contributed by atoms with Crippen molar-refractivity contribution in [1.82, 2.24) is 24.2 Å². The number of H-pyrrole nitrogens is 1. The van der Waals surface area contributed by atoms with Crippen LogP contribution in [-0.4, -0.2) is 68.7 Å². The van der Waals surface area contributed by atoms with Crippen molar-refractivity contribution in [3.63, 3.8) is 0 Å². The van der Waals surface area contributed by atoms with Gasteiger partial charge in [-0.05, 0) is 30.7 Å². The number of nitrogens with one attached hydrogen (secondary N) is 2. The Morgan fingerprint density at radius 3 is 2.91 bits per heavy atom. The molecule has 0 spiro atoms. The van der Waals surface area contributed by atoms with Crippen LogP contribution in [0.2, 0.25) is 0 Å². The average Bonchev–Trinajstić information content (AvgIpc) is 3.60. The van der Waals surface area contributed by atoms with Crippen molar-refractivity contribution < 1.29 is 14.6 Å². The number of carbonyl (C=O) groups excluding carboxylic acids is 1. The van der Waals surface area contributed by atoms with Crippen LogP contribution in [0, 0.1) is 23.2 Å². The van der Waals surface area contributed by atoms with Crippen LogP contribution in [0.25, 0.3) is 11.0 Å².